The second-order valence-electron chi connectivity index (χ2n) is 6.94. The fraction of sp³-hybridized carbons (Fsp3) is 0.526. The zero-order chi connectivity index (χ0) is 19.6. The number of benzene rings is 1. The topological polar surface area (TPSA) is 96.5 Å². The molecule has 0 saturated carbocycles. The zero-order valence-corrected chi connectivity index (χ0v) is 16.0. The quantitative estimate of drug-likeness (QED) is 0.661. The van der Waals surface area contributed by atoms with E-state index in [9.17, 15) is 14.4 Å². The lowest BCUT2D eigenvalue weighted by atomic mass is 10.1. The molecule has 0 atom stereocenters. The van der Waals surface area contributed by atoms with Crippen molar-refractivity contribution in [2.45, 2.75) is 59.1 Å². The van der Waals surface area contributed by atoms with Gasteiger partial charge in [-0.25, -0.2) is 4.79 Å². The van der Waals surface area contributed by atoms with Crippen LogP contribution in [-0.2, 0) is 20.9 Å². The van der Waals surface area contributed by atoms with Crippen molar-refractivity contribution in [3.8, 4) is 0 Å². The standard InChI is InChI=1S/C19H29N3O4/c1-5-6-11-16(23)22-15-10-8-7-9-14(15)12-20-17(24)13-21-18(25)26-19(2,3)4/h7-10H,5-6,11-13H2,1-4H3,(H,20,24)(H,21,25)(H,22,23). The molecule has 3 amide bonds. The van der Waals surface area contributed by atoms with Gasteiger partial charge >= 0.3 is 6.09 Å². The molecule has 0 unspecified atom stereocenters. The number of unbranched alkanes of at least 4 members (excludes halogenated alkanes) is 1. The molecule has 0 bridgehead atoms. The normalized spacial score (nSPS) is 10.8. The third-order valence-electron chi connectivity index (χ3n) is 3.32. The van der Waals surface area contributed by atoms with Crippen molar-refractivity contribution in [2.24, 2.45) is 0 Å². The first-order valence-corrected chi connectivity index (χ1v) is 8.82. The molecule has 0 aliphatic heterocycles. The number of ether oxygens (including phenoxy) is 1. The fourth-order valence-corrected chi connectivity index (χ4v) is 2.07. The Morgan fingerprint density at radius 2 is 1.73 bits per heavy atom. The van der Waals surface area contributed by atoms with Crippen molar-refractivity contribution >= 4 is 23.6 Å². The second kappa shape index (κ2) is 10.4. The van der Waals surface area contributed by atoms with Gasteiger partial charge in [0.2, 0.25) is 11.8 Å². The van der Waals surface area contributed by atoms with Crippen molar-refractivity contribution in [2.75, 3.05) is 11.9 Å². The van der Waals surface area contributed by atoms with E-state index in [1.807, 2.05) is 25.1 Å². The zero-order valence-electron chi connectivity index (χ0n) is 16.0. The van der Waals surface area contributed by atoms with E-state index in [1.165, 1.54) is 0 Å². The molecule has 1 aromatic carbocycles. The van der Waals surface area contributed by atoms with E-state index in [1.54, 1.807) is 26.8 Å². The molecule has 0 aliphatic carbocycles. The number of anilines is 1. The molecule has 0 aliphatic rings. The maximum atomic E-state index is 11.9. The fourth-order valence-electron chi connectivity index (χ4n) is 2.07. The summed E-state index contributed by atoms with van der Waals surface area (Å²) in [4.78, 5) is 35.3. The number of nitrogens with one attached hydrogen (secondary N) is 3. The van der Waals surface area contributed by atoms with Crippen molar-refractivity contribution in [3.63, 3.8) is 0 Å². The lowest BCUT2D eigenvalue weighted by Crippen LogP contribution is -2.39. The van der Waals surface area contributed by atoms with Crippen LogP contribution in [0.2, 0.25) is 0 Å². The number of hydrogen-bond acceptors (Lipinski definition) is 4. The maximum absolute atomic E-state index is 11.9. The van der Waals surface area contributed by atoms with Crippen molar-refractivity contribution < 1.29 is 19.1 Å². The number of amides is 3. The molecule has 0 spiro atoms. The van der Waals surface area contributed by atoms with Crippen molar-refractivity contribution in [1.82, 2.24) is 10.6 Å². The van der Waals surface area contributed by atoms with Crippen LogP contribution in [0.25, 0.3) is 0 Å². The van der Waals surface area contributed by atoms with Gasteiger partial charge < -0.3 is 20.7 Å². The number of hydrogen-bond donors (Lipinski definition) is 3. The monoisotopic (exact) mass is 363 g/mol. The first-order valence-electron chi connectivity index (χ1n) is 8.82. The van der Waals surface area contributed by atoms with Crippen LogP contribution in [0.15, 0.2) is 24.3 Å². The van der Waals surface area contributed by atoms with E-state index in [4.69, 9.17) is 4.74 Å². The van der Waals surface area contributed by atoms with Gasteiger partial charge in [0.05, 0.1) is 0 Å². The molecule has 144 valence electrons. The smallest absolute Gasteiger partial charge is 0.408 e. The Bertz CT molecular complexity index is 623. The van der Waals surface area contributed by atoms with Gasteiger partial charge in [-0.15, -0.1) is 0 Å². The number of rotatable bonds is 8. The Kier molecular flexibility index (Phi) is 8.61. The molecule has 7 nitrogen and oxygen atoms in total. The first kappa shape index (κ1) is 21.5. The van der Waals surface area contributed by atoms with Crippen LogP contribution >= 0.6 is 0 Å². The van der Waals surface area contributed by atoms with Gasteiger partial charge in [0.15, 0.2) is 0 Å². The predicted octanol–water partition coefficient (Wildman–Crippen LogP) is 2.96. The Labute approximate surface area is 154 Å². The van der Waals surface area contributed by atoms with Crippen LogP contribution in [0.4, 0.5) is 10.5 Å². The SMILES string of the molecule is CCCCC(=O)Nc1ccccc1CNC(=O)CNC(=O)OC(C)(C)C. The molecule has 26 heavy (non-hydrogen) atoms. The van der Waals surface area contributed by atoms with E-state index in [2.05, 4.69) is 16.0 Å². The molecule has 0 saturated heterocycles. The van der Waals surface area contributed by atoms with E-state index in [0.29, 0.717) is 12.1 Å². The van der Waals surface area contributed by atoms with Gasteiger partial charge in [0.1, 0.15) is 12.1 Å². The minimum absolute atomic E-state index is 0.0442. The largest absolute Gasteiger partial charge is 0.444 e. The maximum Gasteiger partial charge on any atom is 0.408 e. The van der Waals surface area contributed by atoms with E-state index in [-0.39, 0.29) is 24.9 Å². The Balaban J connectivity index is 2.48. The average molecular weight is 363 g/mol. The number of carbonyl (C=O) groups excluding carboxylic acids is 3. The van der Waals surface area contributed by atoms with Gasteiger partial charge in [-0.3, -0.25) is 9.59 Å². The number of carbonyl (C=O) groups is 3. The molecular formula is C19H29N3O4. The minimum atomic E-state index is -0.642. The molecule has 0 fully saturated rings. The van der Waals surface area contributed by atoms with Gasteiger partial charge in [0, 0.05) is 18.7 Å². The van der Waals surface area contributed by atoms with Crippen LogP contribution in [0, 0.1) is 0 Å². The molecule has 1 aromatic rings. The second-order valence-corrected chi connectivity index (χ2v) is 6.94. The Morgan fingerprint density at radius 3 is 2.38 bits per heavy atom. The molecular weight excluding hydrogens is 334 g/mol. The molecule has 1 rings (SSSR count). The summed E-state index contributed by atoms with van der Waals surface area (Å²) >= 11 is 0. The summed E-state index contributed by atoms with van der Waals surface area (Å²) in [6.45, 7) is 7.34. The summed E-state index contributed by atoms with van der Waals surface area (Å²) < 4.78 is 5.07. The Hall–Kier alpha value is -2.57. The van der Waals surface area contributed by atoms with Crippen LogP contribution < -0.4 is 16.0 Å². The molecule has 0 heterocycles. The van der Waals surface area contributed by atoms with E-state index in [0.717, 1.165) is 18.4 Å². The summed E-state index contributed by atoms with van der Waals surface area (Å²) in [5, 5.41) is 7.98. The lowest BCUT2D eigenvalue weighted by molar-refractivity contribution is -0.120. The van der Waals surface area contributed by atoms with Crippen LogP contribution in [0.5, 0.6) is 0 Å². The van der Waals surface area contributed by atoms with Gasteiger partial charge in [0.25, 0.3) is 0 Å². The summed E-state index contributed by atoms with van der Waals surface area (Å²) in [6, 6.07) is 7.29. The number of para-hydroxylation sites is 1. The van der Waals surface area contributed by atoms with Crippen LogP contribution in [0.1, 0.15) is 52.5 Å². The van der Waals surface area contributed by atoms with Gasteiger partial charge in [-0.2, -0.15) is 0 Å². The highest BCUT2D eigenvalue weighted by Gasteiger charge is 2.16. The summed E-state index contributed by atoms with van der Waals surface area (Å²) in [7, 11) is 0. The van der Waals surface area contributed by atoms with E-state index >= 15 is 0 Å². The third-order valence-corrected chi connectivity index (χ3v) is 3.32. The van der Waals surface area contributed by atoms with E-state index < -0.39 is 11.7 Å². The summed E-state index contributed by atoms with van der Waals surface area (Å²) in [5.41, 5.74) is 0.854. The molecule has 0 aromatic heterocycles. The van der Waals surface area contributed by atoms with Crippen LogP contribution in [-0.4, -0.2) is 30.1 Å². The highest BCUT2D eigenvalue weighted by atomic mass is 16.6. The van der Waals surface area contributed by atoms with Crippen molar-refractivity contribution in [3.05, 3.63) is 29.8 Å². The summed E-state index contributed by atoms with van der Waals surface area (Å²) in [6.07, 6.45) is 1.62. The minimum Gasteiger partial charge on any atom is -0.444 e. The van der Waals surface area contributed by atoms with Gasteiger partial charge in [-0.1, -0.05) is 31.5 Å². The average Bonchev–Trinajstić information content (AvgIpc) is 2.56. The van der Waals surface area contributed by atoms with Crippen LogP contribution in [0.3, 0.4) is 0 Å². The molecule has 0 radical (unpaired) electrons. The highest BCUT2D eigenvalue weighted by Crippen LogP contribution is 2.15. The van der Waals surface area contributed by atoms with Gasteiger partial charge in [-0.05, 0) is 38.8 Å². The molecule has 3 N–H and O–H groups in total. The third kappa shape index (κ3) is 9.05. The number of alkyl carbamates (subject to hydrolysis) is 1. The Morgan fingerprint density at radius 1 is 1.04 bits per heavy atom. The lowest BCUT2D eigenvalue weighted by Gasteiger charge is -2.19. The summed E-state index contributed by atoms with van der Waals surface area (Å²) in [5.74, 6) is -0.389. The predicted molar refractivity (Wildman–Crippen MR) is 101 cm³/mol. The first-order chi connectivity index (χ1) is 12.2. The highest BCUT2D eigenvalue weighted by molar-refractivity contribution is 5.91. The van der Waals surface area contributed by atoms with Crippen molar-refractivity contribution in [1.29, 1.82) is 0 Å². The molecule has 7 heteroatoms.